The Balaban J connectivity index is 1.05. The summed E-state index contributed by atoms with van der Waals surface area (Å²) in [6, 6.07) is 8.75. The number of allylic oxidation sites excluding steroid dienone is 3. The molecular formula is C46H68N2O3. The van der Waals surface area contributed by atoms with Crippen molar-refractivity contribution in [2.75, 3.05) is 13.1 Å². The van der Waals surface area contributed by atoms with Crippen molar-refractivity contribution in [2.24, 2.45) is 51.2 Å². The van der Waals surface area contributed by atoms with Gasteiger partial charge in [0.15, 0.2) is 0 Å². The summed E-state index contributed by atoms with van der Waals surface area (Å²) in [6.07, 6.45) is 18.5. The molecule has 4 saturated carbocycles. The molecule has 7 aliphatic rings. The Morgan fingerprint density at radius 1 is 0.863 bits per heavy atom. The fourth-order valence-corrected chi connectivity index (χ4v) is 15.7. The lowest BCUT2D eigenvalue weighted by molar-refractivity contribution is -0.219. The molecule has 2 bridgehead atoms. The number of piperidine rings is 1. The number of nitrogens with one attached hydrogen (secondary N) is 1. The number of carboxylic acids is 1. The van der Waals surface area contributed by atoms with Crippen molar-refractivity contribution < 1.29 is 15.0 Å². The molecule has 0 spiro atoms. The van der Waals surface area contributed by atoms with Crippen molar-refractivity contribution in [3.8, 4) is 0 Å². The van der Waals surface area contributed by atoms with E-state index in [9.17, 15) is 15.0 Å². The minimum atomic E-state index is -0.857. The third-order valence-corrected chi connectivity index (χ3v) is 18.1. The molecule has 2 aliphatic heterocycles. The van der Waals surface area contributed by atoms with Gasteiger partial charge in [-0.3, -0.25) is 4.90 Å². The summed E-state index contributed by atoms with van der Waals surface area (Å²) in [6.45, 7) is 24.3. The second kappa shape index (κ2) is 12.0. The van der Waals surface area contributed by atoms with Gasteiger partial charge in [0.2, 0.25) is 0 Å². The second-order valence-electron chi connectivity index (χ2n) is 20.7. The first-order chi connectivity index (χ1) is 24.0. The molecule has 0 radical (unpaired) electrons. The summed E-state index contributed by atoms with van der Waals surface area (Å²) in [4.78, 5) is 14.3. The molecule has 0 aromatic heterocycles. The highest BCUT2D eigenvalue weighted by molar-refractivity contribution is 5.88. The van der Waals surface area contributed by atoms with E-state index in [4.69, 9.17) is 0 Å². The van der Waals surface area contributed by atoms with Gasteiger partial charge in [0.05, 0.1) is 11.2 Å². The SMILES string of the molecule is C=C(C)[C@@H]1CC[C@]2(NCCN3[C@@H]4CC[C@H]3C[C@@](C)(O)C4)CC[C@]3(C)[C@H](CC[C@@H]4[C@@]5(C)CC=C(c6ccc(C(=O)O)cc6)C(C)(C)[C@@H]5CC[C@]43C)[C@@H]12. The van der Waals surface area contributed by atoms with E-state index in [1.807, 2.05) is 12.1 Å². The lowest BCUT2D eigenvalue weighted by Gasteiger charge is -2.72. The van der Waals surface area contributed by atoms with Gasteiger partial charge in [-0.25, -0.2) is 4.79 Å². The maximum atomic E-state index is 11.6. The van der Waals surface area contributed by atoms with Crippen LogP contribution in [0.5, 0.6) is 0 Å². The average molecular weight is 697 g/mol. The van der Waals surface area contributed by atoms with Crippen LogP contribution < -0.4 is 5.32 Å². The van der Waals surface area contributed by atoms with E-state index >= 15 is 0 Å². The molecule has 5 aliphatic carbocycles. The Labute approximate surface area is 309 Å². The van der Waals surface area contributed by atoms with Gasteiger partial charge in [0.1, 0.15) is 0 Å². The fourth-order valence-electron chi connectivity index (χ4n) is 15.7. The van der Waals surface area contributed by atoms with Gasteiger partial charge in [0.25, 0.3) is 0 Å². The zero-order valence-electron chi connectivity index (χ0n) is 33.0. The van der Waals surface area contributed by atoms with Crippen molar-refractivity contribution in [1.82, 2.24) is 10.2 Å². The van der Waals surface area contributed by atoms with Crippen LogP contribution in [0.15, 0.2) is 42.5 Å². The number of benzene rings is 1. The van der Waals surface area contributed by atoms with Crippen molar-refractivity contribution in [3.05, 3.63) is 53.6 Å². The normalized spacial score (nSPS) is 47.1. The molecule has 5 nitrogen and oxygen atoms in total. The van der Waals surface area contributed by atoms with Crippen LogP contribution in [0, 0.1) is 51.2 Å². The molecule has 2 saturated heterocycles. The number of aromatic carboxylic acids is 1. The standard InChI is InChI=1S/C46H68N2O3/c1-29(2)34-17-22-46(47-25-26-48-32-13-14-33(48)28-42(5,51)27-32)24-23-44(7)36(39(34)46)15-16-38-43(6)20-18-35(30-9-11-31(12-10-30)40(49)50)41(3,4)37(43)19-21-45(38,44)8/h9-12,18,32-34,36-39,47,51H,1,13-17,19-28H2,2-8H3,(H,49,50)/t32-,33+,34-,36+,37-,38+,39+,42+,43-,44+,45+,46-/m0/s1. The van der Waals surface area contributed by atoms with E-state index in [2.05, 4.69) is 71.3 Å². The molecule has 0 amide bonds. The largest absolute Gasteiger partial charge is 0.478 e. The Morgan fingerprint density at radius 3 is 2.20 bits per heavy atom. The van der Waals surface area contributed by atoms with E-state index in [-0.39, 0.29) is 16.4 Å². The van der Waals surface area contributed by atoms with Crippen LogP contribution in [-0.2, 0) is 0 Å². The van der Waals surface area contributed by atoms with Crippen molar-refractivity contribution in [3.63, 3.8) is 0 Å². The zero-order valence-corrected chi connectivity index (χ0v) is 33.0. The van der Waals surface area contributed by atoms with Crippen LogP contribution in [0.3, 0.4) is 0 Å². The maximum Gasteiger partial charge on any atom is 0.335 e. The molecule has 2 heterocycles. The molecule has 3 N–H and O–H groups in total. The van der Waals surface area contributed by atoms with Crippen molar-refractivity contribution in [2.45, 2.75) is 155 Å². The highest BCUT2D eigenvalue weighted by atomic mass is 16.4. The molecule has 8 rings (SSSR count). The number of carboxylic acid groups (broad SMARTS) is 1. The third-order valence-electron chi connectivity index (χ3n) is 18.1. The number of aliphatic hydroxyl groups is 1. The van der Waals surface area contributed by atoms with E-state index in [0.717, 1.165) is 38.3 Å². The van der Waals surface area contributed by atoms with Crippen molar-refractivity contribution >= 4 is 11.5 Å². The third kappa shape index (κ3) is 5.27. The maximum absolute atomic E-state index is 11.6. The molecule has 6 fully saturated rings. The van der Waals surface area contributed by atoms with Crippen LogP contribution in [0.1, 0.15) is 148 Å². The lowest BCUT2D eigenvalue weighted by atomic mass is 9.33. The Kier molecular flexibility index (Phi) is 8.50. The van der Waals surface area contributed by atoms with Gasteiger partial charge in [0, 0.05) is 30.7 Å². The van der Waals surface area contributed by atoms with Crippen LogP contribution in [-0.4, -0.2) is 57.4 Å². The molecule has 1 aromatic carbocycles. The first kappa shape index (κ1) is 36.0. The summed E-state index contributed by atoms with van der Waals surface area (Å²) >= 11 is 0. The fraction of sp³-hybridized carbons (Fsp3) is 0.761. The Bertz CT molecular complexity index is 1580. The number of carbonyl (C=O) groups is 1. The number of hydrogen-bond acceptors (Lipinski definition) is 4. The van der Waals surface area contributed by atoms with Crippen LogP contribution in [0.25, 0.3) is 5.57 Å². The predicted molar refractivity (Wildman–Crippen MR) is 207 cm³/mol. The molecule has 51 heavy (non-hydrogen) atoms. The van der Waals surface area contributed by atoms with Crippen LogP contribution >= 0.6 is 0 Å². The first-order valence-corrected chi connectivity index (χ1v) is 20.9. The Morgan fingerprint density at radius 2 is 1.55 bits per heavy atom. The highest BCUT2D eigenvalue weighted by Gasteiger charge is 2.70. The van der Waals surface area contributed by atoms with Gasteiger partial charge in [-0.1, -0.05) is 65.0 Å². The van der Waals surface area contributed by atoms with Gasteiger partial charge in [-0.05, 0) is 172 Å². The van der Waals surface area contributed by atoms with E-state index in [1.54, 1.807) is 12.1 Å². The molecule has 280 valence electrons. The highest BCUT2D eigenvalue weighted by Crippen LogP contribution is 2.76. The Hall–Kier alpha value is -1.95. The molecule has 5 heteroatoms. The molecule has 1 aromatic rings. The van der Waals surface area contributed by atoms with Crippen LogP contribution in [0.4, 0.5) is 0 Å². The molecular weight excluding hydrogens is 629 g/mol. The monoisotopic (exact) mass is 697 g/mol. The summed E-state index contributed by atoms with van der Waals surface area (Å²) in [7, 11) is 0. The van der Waals surface area contributed by atoms with E-state index in [0.29, 0.717) is 52.1 Å². The van der Waals surface area contributed by atoms with E-state index in [1.165, 1.54) is 80.9 Å². The summed E-state index contributed by atoms with van der Waals surface area (Å²) in [5, 5.41) is 24.7. The second-order valence-corrected chi connectivity index (χ2v) is 20.7. The summed E-state index contributed by atoms with van der Waals surface area (Å²) in [5.41, 5.74) is 5.03. The minimum absolute atomic E-state index is 0.0304. The first-order valence-electron chi connectivity index (χ1n) is 20.9. The average Bonchev–Trinajstić information content (AvgIpc) is 3.56. The smallest absolute Gasteiger partial charge is 0.335 e. The number of fused-ring (bicyclic) bond motifs is 9. The predicted octanol–water partition coefficient (Wildman–Crippen LogP) is 9.76. The van der Waals surface area contributed by atoms with Gasteiger partial charge in [-0.2, -0.15) is 0 Å². The van der Waals surface area contributed by atoms with E-state index < -0.39 is 11.6 Å². The van der Waals surface area contributed by atoms with Gasteiger partial charge in [-0.15, -0.1) is 0 Å². The number of nitrogens with zero attached hydrogens (tertiary/aromatic N) is 1. The van der Waals surface area contributed by atoms with Crippen LogP contribution in [0.2, 0.25) is 0 Å². The number of hydrogen-bond donors (Lipinski definition) is 3. The number of rotatable bonds is 7. The molecule has 0 unspecified atom stereocenters. The summed E-state index contributed by atoms with van der Waals surface area (Å²) < 4.78 is 0. The molecule has 12 atom stereocenters. The zero-order chi connectivity index (χ0) is 36.4. The summed E-state index contributed by atoms with van der Waals surface area (Å²) in [5.74, 6) is 2.45. The minimum Gasteiger partial charge on any atom is -0.478 e. The topological polar surface area (TPSA) is 72.8 Å². The van der Waals surface area contributed by atoms with Crippen molar-refractivity contribution in [1.29, 1.82) is 0 Å². The lowest BCUT2D eigenvalue weighted by Crippen LogP contribution is -2.68. The quantitative estimate of drug-likeness (QED) is 0.248. The van der Waals surface area contributed by atoms with Gasteiger partial charge >= 0.3 is 5.97 Å². The van der Waals surface area contributed by atoms with Gasteiger partial charge < -0.3 is 15.5 Å².